The lowest BCUT2D eigenvalue weighted by Crippen LogP contribution is -2.00. The number of carboxylic acid groups (broad SMARTS) is 1. The van der Waals surface area contributed by atoms with Crippen molar-refractivity contribution >= 4 is 33.2 Å². The lowest BCUT2D eigenvalue weighted by Gasteiger charge is -2.02. The number of halogens is 2. The number of hydrogen-bond donors (Lipinski definition) is 1. The van der Waals surface area contributed by atoms with Gasteiger partial charge in [-0.3, -0.25) is 0 Å². The second-order valence-electron chi connectivity index (χ2n) is 4.31. The van der Waals surface area contributed by atoms with Gasteiger partial charge in [-0.25, -0.2) is 14.2 Å². The van der Waals surface area contributed by atoms with Crippen molar-refractivity contribution in [2.45, 2.75) is 19.8 Å². The second-order valence-corrected chi connectivity index (χ2v) is 6.20. The monoisotopic (exact) mass is 343 g/mol. The third-order valence-electron chi connectivity index (χ3n) is 2.51. The van der Waals surface area contributed by atoms with Crippen LogP contribution in [0.4, 0.5) is 4.39 Å². The van der Waals surface area contributed by atoms with Crippen molar-refractivity contribution in [1.29, 1.82) is 0 Å². The van der Waals surface area contributed by atoms with Crippen molar-refractivity contribution in [2.24, 2.45) is 0 Å². The Bertz CT molecular complexity index is 640. The van der Waals surface area contributed by atoms with Gasteiger partial charge in [0, 0.05) is 16.0 Å². The average Bonchev–Trinajstić information content (AvgIpc) is 2.77. The molecule has 0 saturated carbocycles. The van der Waals surface area contributed by atoms with Crippen molar-refractivity contribution in [1.82, 2.24) is 4.98 Å². The maximum Gasteiger partial charge on any atom is 0.356 e. The normalized spacial score (nSPS) is 11.0. The number of nitrogens with zero attached hydrogens (tertiary/aromatic N) is 1. The van der Waals surface area contributed by atoms with Crippen LogP contribution in [0.2, 0.25) is 0 Å². The van der Waals surface area contributed by atoms with Gasteiger partial charge in [-0.05, 0) is 18.2 Å². The Balaban J connectivity index is 2.66. The van der Waals surface area contributed by atoms with Crippen molar-refractivity contribution in [2.75, 3.05) is 0 Å². The van der Waals surface area contributed by atoms with E-state index in [1.54, 1.807) is 6.07 Å². The molecule has 0 amide bonds. The van der Waals surface area contributed by atoms with E-state index >= 15 is 0 Å². The molecular formula is C13H11BrFNO2S. The first-order chi connectivity index (χ1) is 8.90. The number of carboxylic acids is 1. The summed E-state index contributed by atoms with van der Waals surface area (Å²) in [5, 5.41) is 9.94. The lowest BCUT2D eigenvalue weighted by molar-refractivity contribution is 0.0692. The highest BCUT2D eigenvalue weighted by Gasteiger charge is 2.21. The summed E-state index contributed by atoms with van der Waals surface area (Å²) in [6, 6.07) is 4.19. The van der Waals surface area contributed by atoms with E-state index in [9.17, 15) is 14.3 Å². The maximum absolute atomic E-state index is 13.3. The largest absolute Gasteiger partial charge is 0.476 e. The molecule has 0 radical (unpaired) electrons. The van der Waals surface area contributed by atoms with Crippen LogP contribution in [0, 0.1) is 5.82 Å². The van der Waals surface area contributed by atoms with Crippen LogP contribution in [-0.4, -0.2) is 16.1 Å². The molecule has 0 atom stereocenters. The number of carbonyl (C=O) groups is 1. The fourth-order valence-corrected chi connectivity index (χ4v) is 3.25. The Labute approximate surface area is 122 Å². The number of aromatic nitrogens is 1. The first kappa shape index (κ1) is 14.1. The number of benzene rings is 1. The van der Waals surface area contributed by atoms with Gasteiger partial charge < -0.3 is 5.11 Å². The van der Waals surface area contributed by atoms with Crippen LogP contribution in [-0.2, 0) is 0 Å². The summed E-state index contributed by atoms with van der Waals surface area (Å²) in [5.74, 6) is -1.38. The van der Waals surface area contributed by atoms with Gasteiger partial charge in [0.2, 0.25) is 0 Å². The minimum absolute atomic E-state index is 0.0278. The minimum atomic E-state index is -1.10. The first-order valence-electron chi connectivity index (χ1n) is 5.59. The summed E-state index contributed by atoms with van der Waals surface area (Å²) in [6.45, 7) is 3.88. The van der Waals surface area contributed by atoms with E-state index < -0.39 is 11.8 Å². The van der Waals surface area contributed by atoms with E-state index in [0.717, 1.165) is 5.01 Å². The third kappa shape index (κ3) is 2.84. The van der Waals surface area contributed by atoms with Gasteiger partial charge in [-0.2, -0.15) is 0 Å². The van der Waals surface area contributed by atoms with E-state index in [1.165, 1.54) is 23.5 Å². The van der Waals surface area contributed by atoms with Gasteiger partial charge >= 0.3 is 5.97 Å². The predicted molar refractivity (Wildman–Crippen MR) is 76.3 cm³/mol. The molecule has 0 saturated heterocycles. The smallest absolute Gasteiger partial charge is 0.356 e. The molecule has 1 aromatic heterocycles. The lowest BCUT2D eigenvalue weighted by atomic mass is 10.1. The van der Waals surface area contributed by atoms with Gasteiger partial charge in [-0.1, -0.05) is 29.8 Å². The third-order valence-corrected chi connectivity index (χ3v) is 4.59. The number of thiazole rings is 1. The molecule has 0 aliphatic carbocycles. The Hall–Kier alpha value is -1.27. The van der Waals surface area contributed by atoms with Crippen molar-refractivity contribution in [3.05, 3.63) is 39.2 Å². The number of hydrogen-bond acceptors (Lipinski definition) is 3. The zero-order valence-electron chi connectivity index (χ0n) is 10.3. The fourth-order valence-electron chi connectivity index (χ4n) is 1.58. The topological polar surface area (TPSA) is 50.2 Å². The molecule has 19 heavy (non-hydrogen) atoms. The summed E-state index contributed by atoms with van der Waals surface area (Å²) in [4.78, 5) is 15.9. The molecule has 1 aromatic carbocycles. The summed E-state index contributed by atoms with van der Waals surface area (Å²) >= 11 is 4.60. The van der Waals surface area contributed by atoms with Crippen molar-refractivity contribution in [3.8, 4) is 10.4 Å². The van der Waals surface area contributed by atoms with Crippen molar-refractivity contribution < 1.29 is 14.3 Å². The Kier molecular flexibility index (Phi) is 4.01. The van der Waals surface area contributed by atoms with Gasteiger partial charge in [0.1, 0.15) is 5.82 Å². The SMILES string of the molecule is CC(C)c1nc(C(=O)O)c(-c2cc(F)ccc2Br)s1. The van der Waals surface area contributed by atoms with E-state index in [0.29, 0.717) is 14.9 Å². The van der Waals surface area contributed by atoms with E-state index in [-0.39, 0.29) is 11.6 Å². The molecule has 0 bridgehead atoms. The second kappa shape index (κ2) is 5.38. The van der Waals surface area contributed by atoms with Gasteiger partial charge in [0.25, 0.3) is 0 Å². The Morgan fingerprint density at radius 1 is 1.47 bits per heavy atom. The molecule has 1 heterocycles. The molecule has 1 N–H and O–H groups in total. The van der Waals surface area contributed by atoms with Crippen LogP contribution in [0.1, 0.15) is 35.3 Å². The molecule has 0 unspecified atom stereocenters. The fraction of sp³-hybridized carbons (Fsp3) is 0.231. The minimum Gasteiger partial charge on any atom is -0.476 e. The van der Waals surface area contributed by atoms with Gasteiger partial charge in [0.05, 0.1) is 9.88 Å². The molecule has 0 aliphatic rings. The highest BCUT2D eigenvalue weighted by Crippen LogP contribution is 2.37. The molecular weight excluding hydrogens is 333 g/mol. The summed E-state index contributed by atoms with van der Waals surface area (Å²) in [5.41, 5.74) is 0.488. The molecule has 2 rings (SSSR count). The van der Waals surface area contributed by atoms with Gasteiger partial charge in [0.15, 0.2) is 5.69 Å². The molecule has 100 valence electrons. The standard InChI is InChI=1S/C13H11BrFNO2S/c1-6(2)12-16-10(13(17)18)11(19-12)8-5-7(15)3-4-9(8)14/h3-6H,1-2H3,(H,17,18). The highest BCUT2D eigenvalue weighted by atomic mass is 79.9. The zero-order valence-corrected chi connectivity index (χ0v) is 12.7. The molecule has 0 fully saturated rings. The molecule has 0 aliphatic heterocycles. The molecule has 3 nitrogen and oxygen atoms in total. The van der Waals surface area contributed by atoms with E-state index in [2.05, 4.69) is 20.9 Å². The van der Waals surface area contributed by atoms with Crippen LogP contribution in [0.15, 0.2) is 22.7 Å². The number of aromatic carboxylic acids is 1. The Morgan fingerprint density at radius 3 is 2.74 bits per heavy atom. The number of rotatable bonds is 3. The quantitative estimate of drug-likeness (QED) is 0.890. The molecule has 2 aromatic rings. The van der Waals surface area contributed by atoms with Crippen LogP contribution < -0.4 is 0 Å². The summed E-state index contributed by atoms with van der Waals surface area (Å²) < 4.78 is 14.0. The summed E-state index contributed by atoms with van der Waals surface area (Å²) in [7, 11) is 0. The van der Waals surface area contributed by atoms with Gasteiger partial charge in [-0.15, -0.1) is 11.3 Å². The van der Waals surface area contributed by atoms with E-state index in [4.69, 9.17) is 0 Å². The predicted octanol–water partition coefficient (Wildman–Crippen LogP) is 4.53. The summed E-state index contributed by atoms with van der Waals surface area (Å²) in [6.07, 6.45) is 0. The zero-order chi connectivity index (χ0) is 14.2. The molecule has 6 heteroatoms. The maximum atomic E-state index is 13.3. The van der Waals surface area contributed by atoms with Crippen LogP contribution in [0.25, 0.3) is 10.4 Å². The van der Waals surface area contributed by atoms with Crippen LogP contribution in [0.3, 0.4) is 0 Å². The first-order valence-corrected chi connectivity index (χ1v) is 7.20. The van der Waals surface area contributed by atoms with Crippen LogP contribution in [0.5, 0.6) is 0 Å². The van der Waals surface area contributed by atoms with E-state index in [1.807, 2.05) is 13.8 Å². The van der Waals surface area contributed by atoms with Crippen molar-refractivity contribution in [3.63, 3.8) is 0 Å². The molecule has 0 spiro atoms. The Morgan fingerprint density at radius 2 is 2.16 bits per heavy atom. The highest BCUT2D eigenvalue weighted by molar-refractivity contribution is 9.10. The van der Waals surface area contributed by atoms with Crippen LogP contribution >= 0.6 is 27.3 Å². The average molecular weight is 344 g/mol.